The largest absolute Gasteiger partial charge is 0.497 e. The molecule has 2 aromatic rings. The van der Waals surface area contributed by atoms with E-state index in [-0.39, 0.29) is 5.78 Å². The van der Waals surface area contributed by atoms with Gasteiger partial charge in [0.1, 0.15) is 11.5 Å². The average Bonchev–Trinajstić information content (AvgIpc) is 2.52. The third-order valence-electron chi connectivity index (χ3n) is 2.98. The summed E-state index contributed by atoms with van der Waals surface area (Å²) in [4.78, 5) is 12.1. The van der Waals surface area contributed by atoms with Crippen molar-refractivity contribution >= 4 is 27.8 Å². The summed E-state index contributed by atoms with van der Waals surface area (Å²) in [5.74, 6) is 1.38. The number of halogens is 1. The number of carbonyl (C=O) groups excluding carboxylic acids is 1. The minimum atomic E-state index is -0.0697. The van der Waals surface area contributed by atoms with Crippen molar-refractivity contribution in [2.45, 2.75) is 0 Å². The molecule has 0 amide bonds. The topological polar surface area (TPSA) is 35.5 Å². The molecule has 0 N–H and O–H groups in total. The van der Waals surface area contributed by atoms with E-state index in [1.54, 1.807) is 44.6 Å². The molecule has 3 nitrogen and oxygen atoms in total. The molecule has 0 aromatic heterocycles. The van der Waals surface area contributed by atoms with E-state index in [2.05, 4.69) is 15.9 Å². The van der Waals surface area contributed by atoms with Gasteiger partial charge in [-0.25, -0.2) is 0 Å². The number of hydrogen-bond donors (Lipinski definition) is 0. The van der Waals surface area contributed by atoms with Crippen LogP contribution >= 0.6 is 15.9 Å². The van der Waals surface area contributed by atoms with Crippen molar-refractivity contribution in [3.05, 3.63) is 64.1 Å². The van der Waals surface area contributed by atoms with E-state index in [4.69, 9.17) is 9.47 Å². The zero-order valence-electron chi connectivity index (χ0n) is 11.8. The minimum absolute atomic E-state index is 0.0697. The lowest BCUT2D eigenvalue weighted by Gasteiger charge is -2.05. The Hall–Kier alpha value is -2.07. The molecule has 0 atom stereocenters. The molecule has 0 unspecified atom stereocenters. The van der Waals surface area contributed by atoms with Gasteiger partial charge in [-0.1, -0.05) is 15.9 Å². The third-order valence-corrected chi connectivity index (χ3v) is 3.47. The van der Waals surface area contributed by atoms with Gasteiger partial charge >= 0.3 is 0 Å². The number of benzene rings is 2. The predicted octanol–water partition coefficient (Wildman–Crippen LogP) is 4.36. The fraction of sp³-hybridized carbons (Fsp3) is 0.118. The number of ketones is 1. The van der Waals surface area contributed by atoms with Crippen molar-refractivity contribution in [2.24, 2.45) is 0 Å². The maximum atomic E-state index is 12.1. The van der Waals surface area contributed by atoms with Crippen LogP contribution in [-0.4, -0.2) is 20.0 Å². The number of allylic oxidation sites excluding steroid dienone is 1. The molecule has 0 bridgehead atoms. The van der Waals surface area contributed by atoms with Gasteiger partial charge in [0, 0.05) is 15.6 Å². The van der Waals surface area contributed by atoms with Crippen LogP contribution in [0.25, 0.3) is 6.08 Å². The highest BCUT2D eigenvalue weighted by Crippen LogP contribution is 2.24. The van der Waals surface area contributed by atoms with E-state index in [1.807, 2.05) is 18.2 Å². The highest BCUT2D eigenvalue weighted by atomic mass is 79.9. The monoisotopic (exact) mass is 346 g/mol. The Morgan fingerprint density at radius 1 is 1.05 bits per heavy atom. The normalized spacial score (nSPS) is 10.6. The molecule has 2 aromatic carbocycles. The zero-order valence-corrected chi connectivity index (χ0v) is 13.4. The van der Waals surface area contributed by atoms with Gasteiger partial charge in [-0.2, -0.15) is 0 Å². The Kier molecular flexibility index (Phi) is 5.17. The first-order chi connectivity index (χ1) is 10.1. The summed E-state index contributed by atoms with van der Waals surface area (Å²) in [5, 5.41) is 0. The van der Waals surface area contributed by atoms with Crippen molar-refractivity contribution in [3.8, 4) is 11.5 Å². The molecule has 0 saturated heterocycles. The number of hydrogen-bond acceptors (Lipinski definition) is 3. The van der Waals surface area contributed by atoms with E-state index >= 15 is 0 Å². The molecule has 4 heteroatoms. The van der Waals surface area contributed by atoms with Gasteiger partial charge < -0.3 is 9.47 Å². The first-order valence-corrected chi connectivity index (χ1v) is 7.13. The third kappa shape index (κ3) is 3.95. The summed E-state index contributed by atoms with van der Waals surface area (Å²) in [6.07, 6.45) is 3.28. The van der Waals surface area contributed by atoms with Crippen LogP contribution in [0.15, 0.2) is 53.0 Å². The second-order valence-electron chi connectivity index (χ2n) is 4.31. The quantitative estimate of drug-likeness (QED) is 0.595. The fourth-order valence-electron chi connectivity index (χ4n) is 1.85. The second kappa shape index (κ2) is 7.09. The van der Waals surface area contributed by atoms with Crippen molar-refractivity contribution < 1.29 is 14.3 Å². The Morgan fingerprint density at radius 3 is 2.38 bits per heavy atom. The highest BCUT2D eigenvalue weighted by molar-refractivity contribution is 9.10. The Labute approximate surface area is 132 Å². The van der Waals surface area contributed by atoms with Gasteiger partial charge in [-0.15, -0.1) is 0 Å². The predicted molar refractivity (Wildman–Crippen MR) is 87.1 cm³/mol. The van der Waals surface area contributed by atoms with Crippen LogP contribution < -0.4 is 9.47 Å². The summed E-state index contributed by atoms with van der Waals surface area (Å²) in [5.41, 5.74) is 1.45. The number of rotatable bonds is 5. The lowest BCUT2D eigenvalue weighted by Crippen LogP contribution is -1.94. The van der Waals surface area contributed by atoms with E-state index < -0.39 is 0 Å². The molecule has 21 heavy (non-hydrogen) atoms. The van der Waals surface area contributed by atoms with Crippen LogP contribution in [-0.2, 0) is 0 Å². The molecule has 108 valence electrons. The SMILES string of the molecule is COc1ccc(C(=O)/C=C/c2cc(Br)ccc2OC)cc1. The fourth-order valence-corrected chi connectivity index (χ4v) is 2.23. The maximum Gasteiger partial charge on any atom is 0.185 e. The molecular weight excluding hydrogens is 332 g/mol. The van der Waals surface area contributed by atoms with E-state index in [0.29, 0.717) is 5.56 Å². The lowest BCUT2D eigenvalue weighted by molar-refractivity contribution is 0.104. The average molecular weight is 347 g/mol. The Balaban J connectivity index is 2.20. The highest BCUT2D eigenvalue weighted by Gasteiger charge is 2.04. The molecule has 0 heterocycles. The smallest absolute Gasteiger partial charge is 0.185 e. The van der Waals surface area contributed by atoms with E-state index in [1.165, 1.54) is 6.08 Å². The molecule has 0 aliphatic rings. The van der Waals surface area contributed by atoms with Crippen LogP contribution in [0.1, 0.15) is 15.9 Å². The van der Waals surface area contributed by atoms with Gasteiger partial charge in [0.25, 0.3) is 0 Å². The molecule has 2 rings (SSSR count). The van der Waals surface area contributed by atoms with Gasteiger partial charge in [-0.3, -0.25) is 4.79 Å². The molecule has 0 spiro atoms. The first kappa shape index (κ1) is 15.3. The van der Waals surface area contributed by atoms with Crippen LogP contribution in [0.2, 0.25) is 0 Å². The van der Waals surface area contributed by atoms with Gasteiger partial charge in [0.15, 0.2) is 5.78 Å². The number of ether oxygens (including phenoxy) is 2. The first-order valence-electron chi connectivity index (χ1n) is 6.34. The van der Waals surface area contributed by atoms with E-state index in [9.17, 15) is 4.79 Å². The molecule has 0 saturated carbocycles. The Morgan fingerprint density at radius 2 is 1.76 bits per heavy atom. The van der Waals surface area contributed by atoms with Crippen molar-refractivity contribution in [3.63, 3.8) is 0 Å². The van der Waals surface area contributed by atoms with Crippen LogP contribution in [0, 0.1) is 0 Å². The summed E-state index contributed by atoms with van der Waals surface area (Å²) in [6, 6.07) is 12.6. The van der Waals surface area contributed by atoms with Crippen LogP contribution in [0.5, 0.6) is 11.5 Å². The van der Waals surface area contributed by atoms with Crippen LogP contribution in [0.4, 0.5) is 0 Å². The Bertz CT molecular complexity index is 660. The molecule has 0 fully saturated rings. The molecule has 0 aliphatic heterocycles. The number of carbonyl (C=O) groups is 1. The summed E-state index contributed by atoms with van der Waals surface area (Å²) in [7, 11) is 3.20. The van der Waals surface area contributed by atoms with Crippen molar-refractivity contribution in [1.29, 1.82) is 0 Å². The molecule has 0 radical (unpaired) electrons. The summed E-state index contributed by atoms with van der Waals surface area (Å²) in [6.45, 7) is 0. The molecule has 0 aliphatic carbocycles. The van der Waals surface area contributed by atoms with Gasteiger partial charge in [-0.05, 0) is 54.6 Å². The standard InChI is InChI=1S/C17H15BrO3/c1-20-15-7-3-12(4-8-15)16(19)9-5-13-11-14(18)6-10-17(13)21-2/h3-11H,1-2H3/b9-5+. The maximum absolute atomic E-state index is 12.1. The van der Waals surface area contributed by atoms with Crippen molar-refractivity contribution in [2.75, 3.05) is 14.2 Å². The summed E-state index contributed by atoms with van der Waals surface area (Å²) >= 11 is 3.41. The molecular formula is C17H15BrO3. The number of methoxy groups -OCH3 is 2. The zero-order chi connectivity index (χ0) is 15.2. The lowest BCUT2D eigenvalue weighted by atomic mass is 10.1. The summed E-state index contributed by atoms with van der Waals surface area (Å²) < 4.78 is 11.3. The van der Waals surface area contributed by atoms with Crippen LogP contribution in [0.3, 0.4) is 0 Å². The van der Waals surface area contributed by atoms with Gasteiger partial charge in [0.05, 0.1) is 14.2 Å². The van der Waals surface area contributed by atoms with Crippen molar-refractivity contribution in [1.82, 2.24) is 0 Å². The van der Waals surface area contributed by atoms with Gasteiger partial charge in [0.2, 0.25) is 0 Å². The second-order valence-corrected chi connectivity index (χ2v) is 5.23. The minimum Gasteiger partial charge on any atom is -0.497 e. The van der Waals surface area contributed by atoms with E-state index in [0.717, 1.165) is 21.5 Å².